The van der Waals surface area contributed by atoms with E-state index in [0.717, 1.165) is 13.0 Å². The molecule has 0 radical (unpaired) electrons. The Labute approximate surface area is 131 Å². The van der Waals surface area contributed by atoms with Gasteiger partial charge in [0.05, 0.1) is 0 Å². The first-order valence-electron chi connectivity index (χ1n) is 8.02. The highest BCUT2D eigenvalue weighted by molar-refractivity contribution is 5.93. The fourth-order valence-corrected chi connectivity index (χ4v) is 3.11. The Balaban J connectivity index is 1.85. The molecule has 3 amide bonds. The Hall–Kier alpha value is -1.88. The first-order chi connectivity index (χ1) is 10.6. The SMILES string of the molecule is NC(=O)NC(=O)CCN(CCc1ccccc1)C1CCCC1. The van der Waals surface area contributed by atoms with E-state index in [9.17, 15) is 9.59 Å². The molecule has 1 aromatic carbocycles. The van der Waals surface area contributed by atoms with Crippen LogP contribution < -0.4 is 11.1 Å². The average molecular weight is 303 g/mol. The average Bonchev–Trinajstić information content (AvgIpc) is 3.02. The molecule has 1 aliphatic carbocycles. The van der Waals surface area contributed by atoms with Gasteiger partial charge in [-0.25, -0.2) is 4.79 Å². The van der Waals surface area contributed by atoms with Crippen molar-refractivity contribution in [3.8, 4) is 0 Å². The maximum atomic E-state index is 11.6. The number of primary amides is 1. The molecule has 1 fully saturated rings. The van der Waals surface area contributed by atoms with Crippen LogP contribution in [0.3, 0.4) is 0 Å². The van der Waals surface area contributed by atoms with Gasteiger partial charge in [-0.1, -0.05) is 43.2 Å². The van der Waals surface area contributed by atoms with Crippen molar-refractivity contribution in [1.29, 1.82) is 0 Å². The van der Waals surface area contributed by atoms with Crippen molar-refractivity contribution in [2.24, 2.45) is 5.73 Å². The molecule has 0 spiro atoms. The topological polar surface area (TPSA) is 75.4 Å². The zero-order valence-corrected chi connectivity index (χ0v) is 13.0. The van der Waals surface area contributed by atoms with Gasteiger partial charge in [0, 0.05) is 25.6 Å². The van der Waals surface area contributed by atoms with E-state index in [1.165, 1.54) is 31.2 Å². The van der Waals surface area contributed by atoms with Crippen molar-refractivity contribution in [2.45, 2.75) is 44.6 Å². The summed E-state index contributed by atoms with van der Waals surface area (Å²) in [6.45, 7) is 1.62. The fourth-order valence-electron chi connectivity index (χ4n) is 3.11. The summed E-state index contributed by atoms with van der Waals surface area (Å²) < 4.78 is 0. The van der Waals surface area contributed by atoms with Crippen LogP contribution in [0.15, 0.2) is 30.3 Å². The summed E-state index contributed by atoms with van der Waals surface area (Å²) in [5.41, 5.74) is 6.28. The van der Waals surface area contributed by atoms with E-state index < -0.39 is 6.03 Å². The van der Waals surface area contributed by atoms with Gasteiger partial charge in [0.25, 0.3) is 0 Å². The maximum absolute atomic E-state index is 11.6. The van der Waals surface area contributed by atoms with Crippen LogP contribution in [-0.2, 0) is 11.2 Å². The number of nitrogens with two attached hydrogens (primary N) is 1. The standard InChI is InChI=1S/C17H25N3O2/c18-17(22)19-16(21)11-13-20(15-8-4-5-9-15)12-10-14-6-2-1-3-7-14/h1-3,6-7,15H,4-5,8-13H2,(H3,18,19,21,22). The van der Waals surface area contributed by atoms with Crippen LogP contribution in [0.1, 0.15) is 37.7 Å². The van der Waals surface area contributed by atoms with E-state index in [1.807, 2.05) is 6.07 Å². The molecule has 0 unspecified atom stereocenters. The van der Waals surface area contributed by atoms with Crippen LogP contribution >= 0.6 is 0 Å². The van der Waals surface area contributed by atoms with Gasteiger partial charge in [-0.3, -0.25) is 15.0 Å². The van der Waals surface area contributed by atoms with Crippen molar-refractivity contribution in [3.63, 3.8) is 0 Å². The lowest BCUT2D eigenvalue weighted by molar-refractivity contribution is -0.120. The van der Waals surface area contributed by atoms with Crippen molar-refractivity contribution in [2.75, 3.05) is 13.1 Å². The number of urea groups is 1. The number of nitrogens with one attached hydrogen (secondary N) is 1. The van der Waals surface area contributed by atoms with E-state index >= 15 is 0 Å². The third-order valence-corrected chi connectivity index (χ3v) is 4.26. The number of carbonyl (C=O) groups excluding carboxylic acids is 2. The molecule has 5 nitrogen and oxygen atoms in total. The second-order valence-corrected chi connectivity index (χ2v) is 5.87. The van der Waals surface area contributed by atoms with E-state index in [1.54, 1.807) is 0 Å². The van der Waals surface area contributed by atoms with Crippen LogP contribution in [0.2, 0.25) is 0 Å². The van der Waals surface area contributed by atoms with E-state index in [4.69, 9.17) is 5.73 Å². The first-order valence-corrected chi connectivity index (χ1v) is 8.02. The molecule has 0 bridgehead atoms. The minimum absolute atomic E-state index is 0.296. The molecule has 3 N–H and O–H groups in total. The van der Waals surface area contributed by atoms with Crippen LogP contribution in [0, 0.1) is 0 Å². The first kappa shape index (κ1) is 16.5. The lowest BCUT2D eigenvalue weighted by Crippen LogP contribution is -2.40. The minimum atomic E-state index is -0.776. The molecule has 5 heteroatoms. The van der Waals surface area contributed by atoms with Crippen molar-refractivity contribution < 1.29 is 9.59 Å². The number of imide groups is 1. The van der Waals surface area contributed by atoms with E-state index in [2.05, 4.69) is 34.5 Å². The number of amides is 3. The summed E-state index contributed by atoms with van der Waals surface area (Å²) in [5, 5.41) is 2.14. The molecule has 1 aliphatic rings. The lowest BCUT2D eigenvalue weighted by Gasteiger charge is -2.28. The zero-order valence-electron chi connectivity index (χ0n) is 13.0. The predicted octanol–water partition coefficient (Wildman–Crippen LogP) is 2.06. The van der Waals surface area contributed by atoms with Crippen molar-refractivity contribution in [3.05, 3.63) is 35.9 Å². The van der Waals surface area contributed by atoms with Crippen molar-refractivity contribution in [1.82, 2.24) is 10.2 Å². The van der Waals surface area contributed by atoms with Crippen LogP contribution in [0.25, 0.3) is 0 Å². The minimum Gasteiger partial charge on any atom is -0.351 e. The van der Waals surface area contributed by atoms with E-state index in [-0.39, 0.29) is 5.91 Å². The Bertz CT molecular complexity index is 484. The molecule has 22 heavy (non-hydrogen) atoms. The Morgan fingerprint density at radius 3 is 2.45 bits per heavy atom. The lowest BCUT2D eigenvalue weighted by atomic mass is 10.1. The normalized spacial score (nSPS) is 15.1. The van der Waals surface area contributed by atoms with Gasteiger partial charge >= 0.3 is 6.03 Å². The molecule has 0 aliphatic heterocycles. The third-order valence-electron chi connectivity index (χ3n) is 4.26. The van der Waals surface area contributed by atoms with Gasteiger partial charge in [-0.2, -0.15) is 0 Å². The highest BCUT2D eigenvalue weighted by Gasteiger charge is 2.22. The number of hydrogen-bond acceptors (Lipinski definition) is 3. The van der Waals surface area contributed by atoms with Gasteiger partial charge in [-0.15, -0.1) is 0 Å². The van der Waals surface area contributed by atoms with Gasteiger partial charge < -0.3 is 5.73 Å². The number of benzene rings is 1. The molecule has 0 aromatic heterocycles. The van der Waals surface area contributed by atoms with Crippen molar-refractivity contribution >= 4 is 11.9 Å². The summed E-state index contributed by atoms with van der Waals surface area (Å²) in [6, 6.07) is 10.2. The van der Waals surface area contributed by atoms with Crippen LogP contribution in [0.5, 0.6) is 0 Å². The number of carbonyl (C=O) groups is 2. The number of nitrogens with zero attached hydrogens (tertiary/aromatic N) is 1. The van der Waals surface area contributed by atoms with Gasteiger partial charge in [0.2, 0.25) is 5.91 Å². The predicted molar refractivity (Wildman–Crippen MR) is 86.3 cm³/mol. The molecule has 0 heterocycles. The van der Waals surface area contributed by atoms with E-state index in [0.29, 0.717) is 19.0 Å². The summed E-state index contributed by atoms with van der Waals surface area (Å²) in [6.07, 6.45) is 6.22. The smallest absolute Gasteiger partial charge is 0.318 e. The molecular weight excluding hydrogens is 278 g/mol. The second-order valence-electron chi connectivity index (χ2n) is 5.87. The Kier molecular flexibility index (Phi) is 6.40. The monoisotopic (exact) mass is 303 g/mol. The van der Waals surface area contributed by atoms with Crippen LogP contribution in [-0.4, -0.2) is 36.0 Å². The molecular formula is C17H25N3O2. The van der Waals surface area contributed by atoms with Gasteiger partial charge in [0.15, 0.2) is 0 Å². The Morgan fingerprint density at radius 2 is 1.82 bits per heavy atom. The quantitative estimate of drug-likeness (QED) is 0.809. The fraction of sp³-hybridized carbons (Fsp3) is 0.529. The van der Waals surface area contributed by atoms with Crippen LogP contribution in [0.4, 0.5) is 4.79 Å². The summed E-state index contributed by atoms with van der Waals surface area (Å²) in [4.78, 5) is 24.7. The zero-order chi connectivity index (χ0) is 15.8. The number of rotatable bonds is 7. The number of hydrogen-bond donors (Lipinski definition) is 2. The molecule has 1 saturated carbocycles. The highest BCUT2D eigenvalue weighted by Crippen LogP contribution is 2.23. The summed E-state index contributed by atoms with van der Waals surface area (Å²) >= 11 is 0. The maximum Gasteiger partial charge on any atom is 0.318 e. The molecule has 0 atom stereocenters. The second kappa shape index (κ2) is 8.54. The van der Waals surface area contributed by atoms with Gasteiger partial charge in [0.1, 0.15) is 0 Å². The molecule has 1 aromatic rings. The third kappa shape index (κ3) is 5.48. The molecule has 2 rings (SSSR count). The molecule has 120 valence electrons. The molecule has 0 saturated heterocycles. The summed E-state index contributed by atoms with van der Waals surface area (Å²) in [7, 11) is 0. The summed E-state index contributed by atoms with van der Waals surface area (Å²) in [5.74, 6) is -0.296. The van der Waals surface area contributed by atoms with Gasteiger partial charge in [-0.05, 0) is 24.8 Å². The largest absolute Gasteiger partial charge is 0.351 e. The highest BCUT2D eigenvalue weighted by atomic mass is 16.2. The Morgan fingerprint density at radius 1 is 1.14 bits per heavy atom.